The third kappa shape index (κ3) is 3.27. The van der Waals surface area contributed by atoms with Crippen LogP contribution in [0, 0.1) is 0 Å². The van der Waals surface area contributed by atoms with Crippen molar-refractivity contribution < 1.29 is 4.74 Å². The van der Waals surface area contributed by atoms with Crippen molar-refractivity contribution in [3.8, 4) is 5.75 Å². The van der Waals surface area contributed by atoms with Gasteiger partial charge in [0.2, 0.25) is 0 Å². The number of benzene rings is 2. The molecule has 2 aromatic carbocycles. The molecular weight excluding hydrogens is 258 g/mol. The van der Waals surface area contributed by atoms with Crippen molar-refractivity contribution in [3.05, 3.63) is 65.2 Å². The first-order valence-electron chi connectivity index (χ1n) is 7.80. The lowest BCUT2D eigenvalue weighted by Gasteiger charge is -2.25. The van der Waals surface area contributed by atoms with Crippen molar-refractivity contribution in [3.63, 3.8) is 0 Å². The summed E-state index contributed by atoms with van der Waals surface area (Å²) in [6.07, 6.45) is 3.67. The number of hydrogen-bond donors (Lipinski definition) is 1. The predicted molar refractivity (Wildman–Crippen MR) is 86.7 cm³/mol. The summed E-state index contributed by atoms with van der Waals surface area (Å²) in [7, 11) is 0. The van der Waals surface area contributed by atoms with Crippen molar-refractivity contribution in [1.82, 2.24) is 0 Å². The highest BCUT2D eigenvalue weighted by Gasteiger charge is 2.20. The molecule has 2 aromatic rings. The molecule has 1 unspecified atom stereocenters. The lowest BCUT2D eigenvalue weighted by atomic mass is 9.83. The molecule has 21 heavy (non-hydrogen) atoms. The SMILES string of the molecule is C[C@@H](N)c1cccc(OCC2CCCc3ccccc32)c1. The van der Waals surface area contributed by atoms with Gasteiger partial charge in [0.05, 0.1) is 6.61 Å². The summed E-state index contributed by atoms with van der Waals surface area (Å²) < 4.78 is 6.04. The minimum Gasteiger partial charge on any atom is -0.493 e. The van der Waals surface area contributed by atoms with Crippen molar-refractivity contribution in [2.75, 3.05) is 6.61 Å². The Morgan fingerprint density at radius 1 is 1.19 bits per heavy atom. The molecule has 0 spiro atoms. The Morgan fingerprint density at radius 3 is 2.90 bits per heavy atom. The van der Waals surface area contributed by atoms with Crippen LogP contribution in [0.25, 0.3) is 0 Å². The van der Waals surface area contributed by atoms with E-state index in [9.17, 15) is 0 Å². The Bertz CT molecular complexity index is 606. The van der Waals surface area contributed by atoms with E-state index in [-0.39, 0.29) is 6.04 Å². The zero-order valence-electron chi connectivity index (χ0n) is 12.6. The van der Waals surface area contributed by atoms with Crippen molar-refractivity contribution in [2.45, 2.75) is 38.1 Å². The summed E-state index contributed by atoms with van der Waals surface area (Å²) in [6.45, 7) is 2.75. The van der Waals surface area contributed by atoms with Gasteiger partial charge in [0.1, 0.15) is 5.75 Å². The minimum atomic E-state index is 0.0453. The van der Waals surface area contributed by atoms with Crippen molar-refractivity contribution >= 4 is 0 Å². The fourth-order valence-electron chi connectivity index (χ4n) is 3.11. The minimum absolute atomic E-state index is 0.0453. The molecule has 1 aliphatic carbocycles. The Morgan fingerprint density at radius 2 is 2.05 bits per heavy atom. The van der Waals surface area contributed by atoms with E-state index in [0.29, 0.717) is 5.92 Å². The van der Waals surface area contributed by atoms with Crippen LogP contribution in [0.15, 0.2) is 48.5 Å². The van der Waals surface area contributed by atoms with Gasteiger partial charge in [0, 0.05) is 12.0 Å². The second-order valence-corrected chi connectivity index (χ2v) is 5.96. The maximum absolute atomic E-state index is 6.04. The Labute approximate surface area is 126 Å². The summed E-state index contributed by atoms with van der Waals surface area (Å²) >= 11 is 0. The zero-order valence-corrected chi connectivity index (χ0v) is 12.6. The molecule has 0 fully saturated rings. The second kappa shape index (κ2) is 6.31. The molecule has 0 amide bonds. The molecule has 2 N–H and O–H groups in total. The number of fused-ring (bicyclic) bond motifs is 1. The molecule has 0 aliphatic heterocycles. The molecule has 0 radical (unpaired) electrons. The Hall–Kier alpha value is -1.80. The molecule has 0 bridgehead atoms. The van der Waals surface area contributed by atoms with Gasteiger partial charge >= 0.3 is 0 Å². The number of rotatable bonds is 4. The van der Waals surface area contributed by atoms with Crippen LogP contribution in [0.1, 0.15) is 48.4 Å². The van der Waals surface area contributed by atoms with E-state index in [1.54, 1.807) is 0 Å². The second-order valence-electron chi connectivity index (χ2n) is 5.96. The maximum atomic E-state index is 6.04. The summed E-state index contributed by atoms with van der Waals surface area (Å²) in [5.74, 6) is 1.43. The monoisotopic (exact) mass is 281 g/mol. The van der Waals surface area contributed by atoms with E-state index in [4.69, 9.17) is 10.5 Å². The molecule has 2 nitrogen and oxygen atoms in total. The van der Waals surface area contributed by atoms with Crippen molar-refractivity contribution in [2.24, 2.45) is 5.73 Å². The number of hydrogen-bond acceptors (Lipinski definition) is 2. The van der Waals surface area contributed by atoms with E-state index in [1.807, 2.05) is 25.1 Å². The highest BCUT2D eigenvalue weighted by Crippen LogP contribution is 2.32. The molecule has 2 atom stereocenters. The highest BCUT2D eigenvalue weighted by atomic mass is 16.5. The normalized spacial score (nSPS) is 18.9. The summed E-state index contributed by atoms with van der Waals surface area (Å²) in [4.78, 5) is 0. The molecule has 110 valence electrons. The van der Waals surface area contributed by atoms with E-state index in [1.165, 1.54) is 30.4 Å². The van der Waals surface area contributed by atoms with Crippen LogP contribution in [0.2, 0.25) is 0 Å². The van der Waals surface area contributed by atoms with Crippen LogP contribution < -0.4 is 10.5 Å². The first-order chi connectivity index (χ1) is 10.2. The molecule has 1 aliphatic rings. The molecule has 0 saturated heterocycles. The van der Waals surface area contributed by atoms with E-state index >= 15 is 0 Å². The summed E-state index contributed by atoms with van der Waals surface area (Å²) in [5, 5.41) is 0. The van der Waals surface area contributed by atoms with Gasteiger partial charge < -0.3 is 10.5 Å². The Kier molecular flexibility index (Phi) is 4.26. The number of aryl methyl sites for hydroxylation is 1. The Balaban J connectivity index is 1.70. The summed E-state index contributed by atoms with van der Waals surface area (Å²) in [6, 6.07) is 16.9. The summed E-state index contributed by atoms with van der Waals surface area (Å²) in [5.41, 5.74) is 10.0. The lowest BCUT2D eigenvalue weighted by Crippen LogP contribution is -2.16. The van der Waals surface area contributed by atoms with E-state index in [2.05, 4.69) is 30.3 Å². The van der Waals surface area contributed by atoms with Crippen LogP contribution in [0.5, 0.6) is 5.75 Å². The highest BCUT2D eigenvalue weighted by molar-refractivity contribution is 5.34. The van der Waals surface area contributed by atoms with Gasteiger partial charge in [-0.2, -0.15) is 0 Å². The molecule has 2 heteroatoms. The van der Waals surface area contributed by atoms with E-state index in [0.717, 1.165) is 17.9 Å². The quantitative estimate of drug-likeness (QED) is 0.911. The van der Waals surface area contributed by atoms with Gasteiger partial charge in [-0.15, -0.1) is 0 Å². The first-order valence-corrected chi connectivity index (χ1v) is 7.80. The van der Waals surface area contributed by atoms with Gasteiger partial charge in [-0.1, -0.05) is 36.4 Å². The maximum Gasteiger partial charge on any atom is 0.119 e. The van der Waals surface area contributed by atoms with Crippen LogP contribution in [-0.4, -0.2) is 6.61 Å². The van der Waals surface area contributed by atoms with Crippen LogP contribution in [-0.2, 0) is 6.42 Å². The van der Waals surface area contributed by atoms with Crippen LogP contribution >= 0.6 is 0 Å². The predicted octanol–water partition coefficient (Wildman–Crippen LogP) is 4.21. The topological polar surface area (TPSA) is 35.2 Å². The molecule has 0 aromatic heterocycles. The zero-order chi connectivity index (χ0) is 14.7. The fraction of sp³-hybridized carbons (Fsp3) is 0.368. The average molecular weight is 281 g/mol. The van der Waals surface area contributed by atoms with Crippen LogP contribution in [0.3, 0.4) is 0 Å². The molecule has 0 saturated carbocycles. The smallest absolute Gasteiger partial charge is 0.119 e. The number of ether oxygens (including phenoxy) is 1. The lowest BCUT2D eigenvalue weighted by molar-refractivity contribution is 0.274. The third-order valence-electron chi connectivity index (χ3n) is 4.33. The van der Waals surface area contributed by atoms with Gasteiger partial charge in [-0.05, 0) is 55.0 Å². The largest absolute Gasteiger partial charge is 0.493 e. The van der Waals surface area contributed by atoms with Crippen molar-refractivity contribution in [1.29, 1.82) is 0 Å². The average Bonchev–Trinajstić information content (AvgIpc) is 2.53. The standard InChI is InChI=1S/C19H23NO/c1-14(20)16-8-5-10-18(12-16)21-13-17-9-4-7-15-6-2-3-11-19(15)17/h2-3,5-6,8,10-12,14,17H,4,7,9,13,20H2,1H3/t14-,17?/m1/s1. The third-order valence-corrected chi connectivity index (χ3v) is 4.33. The van der Waals surface area contributed by atoms with Gasteiger partial charge in [-0.3, -0.25) is 0 Å². The van der Waals surface area contributed by atoms with Gasteiger partial charge in [0.15, 0.2) is 0 Å². The van der Waals surface area contributed by atoms with E-state index < -0.39 is 0 Å². The molecule has 3 rings (SSSR count). The number of nitrogens with two attached hydrogens (primary N) is 1. The van der Waals surface area contributed by atoms with Crippen LogP contribution in [0.4, 0.5) is 0 Å². The molecule has 0 heterocycles. The first kappa shape index (κ1) is 14.2. The fourth-order valence-corrected chi connectivity index (χ4v) is 3.11. The molecular formula is C19H23NO. The van der Waals surface area contributed by atoms with Gasteiger partial charge in [-0.25, -0.2) is 0 Å². The van der Waals surface area contributed by atoms with Gasteiger partial charge in [0.25, 0.3) is 0 Å².